The summed E-state index contributed by atoms with van der Waals surface area (Å²) in [6.45, 7) is 7.94. The smallest absolute Gasteiger partial charge is 0.308 e. The highest BCUT2D eigenvalue weighted by molar-refractivity contribution is 5.74. The van der Waals surface area contributed by atoms with Gasteiger partial charge < -0.3 is 9.47 Å². The fraction of sp³-hybridized carbons (Fsp3) is 0.714. The van der Waals surface area contributed by atoms with Crippen LogP contribution in [0.1, 0.15) is 46.0 Å². The number of esters is 2. The number of ether oxygens (including phenoxy) is 2. The van der Waals surface area contributed by atoms with Crippen LogP contribution in [0.3, 0.4) is 0 Å². The molecule has 0 aromatic heterocycles. The zero-order valence-electron chi connectivity index (χ0n) is 11.4. The molecule has 0 rings (SSSR count). The van der Waals surface area contributed by atoms with Crippen molar-refractivity contribution in [2.45, 2.75) is 46.0 Å². The van der Waals surface area contributed by atoms with Crippen molar-refractivity contribution in [3.8, 4) is 0 Å². The number of hydrogen-bond donors (Lipinski definition) is 0. The molecule has 0 aliphatic rings. The van der Waals surface area contributed by atoms with E-state index < -0.39 is 0 Å². The highest BCUT2D eigenvalue weighted by atomic mass is 16.5. The Morgan fingerprint density at radius 1 is 1.17 bits per heavy atom. The first-order chi connectivity index (χ1) is 8.65. The maximum atomic E-state index is 11.7. The van der Waals surface area contributed by atoms with Crippen LogP contribution in [-0.4, -0.2) is 25.2 Å². The van der Waals surface area contributed by atoms with Gasteiger partial charge in [0, 0.05) is 6.42 Å². The molecule has 0 aromatic carbocycles. The van der Waals surface area contributed by atoms with Crippen molar-refractivity contribution < 1.29 is 19.1 Å². The molecular weight excluding hydrogens is 232 g/mol. The zero-order chi connectivity index (χ0) is 13.8. The van der Waals surface area contributed by atoms with Crippen LogP contribution in [0, 0.1) is 5.92 Å². The van der Waals surface area contributed by atoms with Gasteiger partial charge in [0.05, 0.1) is 19.1 Å². The van der Waals surface area contributed by atoms with Crippen LogP contribution in [0.2, 0.25) is 0 Å². The standard InChI is InChI=1S/C14H24O4/c1-4-7-8-9-12(14(16)18-6-3)10-11-13(15)17-5-2/h4,12H,1,5-11H2,2-3H3. The molecule has 4 heteroatoms. The average molecular weight is 256 g/mol. The number of rotatable bonds is 10. The molecule has 0 saturated heterocycles. The Balaban J connectivity index is 4.14. The molecule has 0 heterocycles. The predicted molar refractivity (Wildman–Crippen MR) is 70.0 cm³/mol. The number of carbonyl (C=O) groups is 2. The monoisotopic (exact) mass is 256 g/mol. The summed E-state index contributed by atoms with van der Waals surface area (Å²) in [4.78, 5) is 23.0. The largest absolute Gasteiger partial charge is 0.466 e. The van der Waals surface area contributed by atoms with E-state index in [4.69, 9.17) is 9.47 Å². The lowest BCUT2D eigenvalue weighted by Crippen LogP contribution is -2.19. The van der Waals surface area contributed by atoms with Crippen LogP contribution in [-0.2, 0) is 19.1 Å². The summed E-state index contributed by atoms with van der Waals surface area (Å²) in [5, 5.41) is 0. The predicted octanol–water partition coefficient (Wildman–Crippen LogP) is 2.87. The normalized spacial score (nSPS) is 11.7. The fourth-order valence-electron chi connectivity index (χ4n) is 1.67. The van der Waals surface area contributed by atoms with E-state index in [1.807, 2.05) is 6.08 Å². The first-order valence-electron chi connectivity index (χ1n) is 6.58. The summed E-state index contributed by atoms with van der Waals surface area (Å²) in [5.41, 5.74) is 0. The molecule has 0 aliphatic carbocycles. The third kappa shape index (κ3) is 7.87. The van der Waals surface area contributed by atoms with Crippen LogP contribution >= 0.6 is 0 Å². The van der Waals surface area contributed by atoms with Crippen LogP contribution in [0.4, 0.5) is 0 Å². The topological polar surface area (TPSA) is 52.6 Å². The Morgan fingerprint density at radius 2 is 1.83 bits per heavy atom. The maximum Gasteiger partial charge on any atom is 0.308 e. The Kier molecular flexibility index (Phi) is 10.0. The van der Waals surface area contributed by atoms with Gasteiger partial charge in [0.15, 0.2) is 0 Å². The Bertz CT molecular complexity index is 261. The van der Waals surface area contributed by atoms with Crippen molar-refractivity contribution in [2.75, 3.05) is 13.2 Å². The van der Waals surface area contributed by atoms with Gasteiger partial charge in [-0.25, -0.2) is 0 Å². The third-order valence-electron chi connectivity index (χ3n) is 2.58. The minimum absolute atomic E-state index is 0.214. The molecule has 1 unspecified atom stereocenters. The number of carbonyl (C=O) groups excluding carboxylic acids is 2. The summed E-state index contributed by atoms with van der Waals surface area (Å²) < 4.78 is 9.86. The second-order valence-electron chi connectivity index (χ2n) is 4.01. The van der Waals surface area contributed by atoms with E-state index in [9.17, 15) is 9.59 Å². The number of unbranched alkanes of at least 4 members (excludes halogenated alkanes) is 1. The van der Waals surface area contributed by atoms with Crippen LogP contribution in [0.5, 0.6) is 0 Å². The lowest BCUT2D eigenvalue weighted by molar-refractivity contribution is -0.149. The van der Waals surface area contributed by atoms with Gasteiger partial charge in [0.1, 0.15) is 0 Å². The Morgan fingerprint density at radius 3 is 2.39 bits per heavy atom. The highest BCUT2D eigenvalue weighted by Gasteiger charge is 2.20. The van der Waals surface area contributed by atoms with Gasteiger partial charge >= 0.3 is 11.9 Å². The van der Waals surface area contributed by atoms with Gasteiger partial charge in [0.25, 0.3) is 0 Å². The molecule has 0 N–H and O–H groups in total. The molecule has 0 aromatic rings. The van der Waals surface area contributed by atoms with Gasteiger partial charge in [-0.3, -0.25) is 9.59 Å². The molecule has 1 atom stereocenters. The van der Waals surface area contributed by atoms with E-state index in [1.54, 1.807) is 13.8 Å². The number of hydrogen-bond acceptors (Lipinski definition) is 4. The van der Waals surface area contributed by atoms with Gasteiger partial charge in [0.2, 0.25) is 0 Å². The van der Waals surface area contributed by atoms with Crippen LogP contribution in [0.15, 0.2) is 12.7 Å². The first-order valence-corrected chi connectivity index (χ1v) is 6.58. The molecular formula is C14H24O4. The highest BCUT2D eigenvalue weighted by Crippen LogP contribution is 2.17. The Hall–Kier alpha value is -1.32. The second kappa shape index (κ2) is 10.8. The van der Waals surface area contributed by atoms with E-state index in [2.05, 4.69) is 6.58 Å². The average Bonchev–Trinajstić information content (AvgIpc) is 2.34. The SMILES string of the molecule is C=CCCCC(CCC(=O)OCC)C(=O)OCC. The van der Waals surface area contributed by atoms with Crippen molar-refractivity contribution in [3.05, 3.63) is 12.7 Å². The summed E-state index contributed by atoms with van der Waals surface area (Å²) in [5.74, 6) is -0.685. The van der Waals surface area contributed by atoms with Crippen molar-refractivity contribution >= 4 is 11.9 Å². The molecule has 0 bridgehead atoms. The van der Waals surface area contributed by atoms with Gasteiger partial charge in [-0.1, -0.05) is 6.08 Å². The Labute approximate surface area is 109 Å². The molecule has 104 valence electrons. The molecule has 0 aliphatic heterocycles. The third-order valence-corrected chi connectivity index (χ3v) is 2.58. The van der Waals surface area contributed by atoms with E-state index in [0.717, 1.165) is 19.3 Å². The quantitative estimate of drug-likeness (QED) is 0.342. The molecule has 0 saturated carbocycles. The molecule has 0 amide bonds. The number of allylic oxidation sites excluding steroid dienone is 1. The van der Waals surface area contributed by atoms with Crippen molar-refractivity contribution in [1.82, 2.24) is 0 Å². The van der Waals surface area contributed by atoms with Gasteiger partial charge in [-0.15, -0.1) is 6.58 Å². The first kappa shape index (κ1) is 16.7. The zero-order valence-corrected chi connectivity index (χ0v) is 11.4. The van der Waals surface area contributed by atoms with Crippen LogP contribution < -0.4 is 0 Å². The molecule has 0 radical (unpaired) electrons. The summed E-state index contributed by atoms with van der Waals surface area (Å²) in [7, 11) is 0. The van der Waals surface area contributed by atoms with E-state index in [-0.39, 0.29) is 24.3 Å². The molecule has 0 fully saturated rings. The van der Waals surface area contributed by atoms with Crippen molar-refractivity contribution in [1.29, 1.82) is 0 Å². The maximum absolute atomic E-state index is 11.7. The summed E-state index contributed by atoms with van der Waals surface area (Å²) in [6.07, 6.45) is 5.07. The summed E-state index contributed by atoms with van der Waals surface area (Å²) >= 11 is 0. The van der Waals surface area contributed by atoms with Gasteiger partial charge in [-0.05, 0) is 39.5 Å². The lowest BCUT2D eigenvalue weighted by atomic mass is 9.96. The molecule has 18 heavy (non-hydrogen) atoms. The summed E-state index contributed by atoms with van der Waals surface area (Å²) in [6, 6.07) is 0. The van der Waals surface area contributed by atoms with Crippen LogP contribution in [0.25, 0.3) is 0 Å². The minimum atomic E-state index is -0.254. The van der Waals surface area contributed by atoms with Crippen molar-refractivity contribution in [2.24, 2.45) is 5.92 Å². The second-order valence-corrected chi connectivity index (χ2v) is 4.01. The minimum Gasteiger partial charge on any atom is -0.466 e. The molecule has 4 nitrogen and oxygen atoms in total. The van der Waals surface area contributed by atoms with Crippen molar-refractivity contribution in [3.63, 3.8) is 0 Å². The van der Waals surface area contributed by atoms with E-state index >= 15 is 0 Å². The fourth-order valence-corrected chi connectivity index (χ4v) is 1.67. The molecule has 0 spiro atoms. The van der Waals surface area contributed by atoms with Gasteiger partial charge in [-0.2, -0.15) is 0 Å². The lowest BCUT2D eigenvalue weighted by Gasteiger charge is -2.14. The van der Waals surface area contributed by atoms with E-state index in [1.165, 1.54) is 0 Å². The van der Waals surface area contributed by atoms with E-state index in [0.29, 0.717) is 19.6 Å².